The van der Waals surface area contributed by atoms with Crippen LogP contribution in [0.3, 0.4) is 0 Å². The predicted molar refractivity (Wildman–Crippen MR) is 85.4 cm³/mol. The molecular formula is C18H22N2. The van der Waals surface area contributed by atoms with Crippen molar-refractivity contribution >= 4 is 12.4 Å². The third kappa shape index (κ3) is 3.06. The van der Waals surface area contributed by atoms with Crippen LogP contribution in [0.2, 0.25) is 0 Å². The van der Waals surface area contributed by atoms with Gasteiger partial charge in [-0.15, -0.1) is 0 Å². The number of benzene rings is 1. The Bertz CT molecular complexity index is 528. The lowest BCUT2D eigenvalue weighted by atomic mass is 9.85. The van der Waals surface area contributed by atoms with Gasteiger partial charge in [0.1, 0.15) is 0 Å². The first-order chi connectivity index (χ1) is 9.83. The van der Waals surface area contributed by atoms with Crippen LogP contribution in [0.4, 0.5) is 0 Å². The number of rotatable bonds is 3. The summed E-state index contributed by atoms with van der Waals surface area (Å²) in [5.41, 5.74) is 2.83. The van der Waals surface area contributed by atoms with Crippen LogP contribution in [-0.4, -0.2) is 12.4 Å². The minimum absolute atomic E-state index is 0.364. The maximum Gasteiger partial charge on any atom is 0.0745 e. The van der Waals surface area contributed by atoms with Gasteiger partial charge >= 0.3 is 0 Å². The molecule has 2 heterocycles. The van der Waals surface area contributed by atoms with Gasteiger partial charge in [-0.1, -0.05) is 37.3 Å². The summed E-state index contributed by atoms with van der Waals surface area (Å²) in [7, 11) is 0. The van der Waals surface area contributed by atoms with E-state index in [9.17, 15) is 0 Å². The van der Waals surface area contributed by atoms with Crippen LogP contribution in [0, 0.1) is 11.8 Å². The van der Waals surface area contributed by atoms with Gasteiger partial charge in [0.25, 0.3) is 0 Å². The number of allylic oxidation sites excluding steroid dienone is 1. The summed E-state index contributed by atoms with van der Waals surface area (Å²) in [6, 6.07) is 11.0. The van der Waals surface area contributed by atoms with Crippen molar-refractivity contribution in [3.63, 3.8) is 0 Å². The smallest absolute Gasteiger partial charge is 0.0745 e. The summed E-state index contributed by atoms with van der Waals surface area (Å²) in [5, 5.41) is 0. The van der Waals surface area contributed by atoms with Gasteiger partial charge in [-0.05, 0) is 48.7 Å². The number of hydrogen-bond acceptors (Lipinski definition) is 2. The molecule has 1 aromatic rings. The molecule has 104 valence electrons. The van der Waals surface area contributed by atoms with Gasteiger partial charge in [0, 0.05) is 18.6 Å². The highest BCUT2D eigenvalue weighted by molar-refractivity contribution is 5.64. The van der Waals surface area contributed by atoms with Gasteiger partial charge in [0.2, 0.25) is 0 Å². The van der Waals surface area contributed by atoms with Crippen LogP contribution >= 0.6 is 0 Å². The summed E-state index contributed by atoms with van der Waals surface area (Å²) in [6.45, 7) is 2.30. The molecule has 0 aromatic heterocycles. The van der Waals surface area contributed by atoms with E-state index in [0.717, 1.165) is 19.3 Å². The normalized spacial score (nSPS) is 29.2. The Labute approximate surface area is 121 Å². The molecule has 20 heavy (non-hydrogen) atoms. The lowest BCUT2D eigenvalue weighted by Crippen LogP contribution is -2.15. The molecule has 2 aliphatic heterocycles. The van der Waals surface area contributed by atoms with Gasteiger partial charge in [-0.3, -0.25) is 9.98 Å². The molecule has 0 aliphatic carbocycles. The molecule has 0 N–H and O–H groups in total. The van der Waals surface area contributed by atoms with Crippen LogP contribution in [0.1, 0.15) is 44.2 Å². The Hall–Kier alpha value is -1.70. The van der Waals surface area contributed by atoms with E-state index in [0.29, 0.717) is 17.9 Å². The number of hydrogen-bond donors (Lipinski definition) is 0. The van der Waals surface area contributed by atoms with E-state index in [1.54, 1.807) is 0 Å². The molecule has 1 aromatic carbocycles. The van der Waals surface area contributed by atoms with E-state index in [-0.39, 0.29) is 0 Å². The molecule has 0 radical (unpaired) electrons. The van der Waals surface area contributed by atoms with Crippen LogP contribution in [0.5, 0.6) is 0 Å². The second kappa shape index (κ2) is 6.17. The van der Waals surface area contributed by atoms with Crippen LogP contribution < -0.4 is 0 Å². The Morgan fingerprint density at radius 1 is 1.15 bits per heavy atom. The zero-order chi connectivity index (χ0) is 13.8. The van der Waals surface area contributed by atoms with Crippen LogP contribution in [0.25, 0.3) is 0 Å². The lowest BCUT2D eigenvalue weighted by molar-refractivity contribution is 0.489. The molecule has 3 unspecified atom stereocenters. The molecule has 0 bridgehead atoms. The topological polar surface area (TPSA) is 24.7 Å². The largest absolute Gasteiger partial charge is 0.289 e. The van der Waals surface area contributed by atoms with E-state index in [1.165, 1.54) is 17.6 Å². The second-order valence-electron chi connectivity index (χ2n) is 5.94. The van der Waals surface area contributed by atoms with Crippen molar-refractivity contribution in [3.05, 3.63) is 47.7 Å². The highest BCUT2D eigenvalue weighted by atomic mass is 14.8. The molecule has 2 aliphatic rings. The maximum atomic E-state index is 4.78. The average molecular weight is 266 g/mol. The number of nitrogens with zero attached hydrogens (tertiary/aromatic N) is 2. The van der Waals surface area contributed by atoms with Gasteiger partial charge < -0.3 is 0 Å². The summed E-state index contributed by atoms with van der Waals surface area (Å²) >= 11 is 0. The zero-order valence-electron chi connectivity index (χ0n) is 12.1. The van der Waals surface area contributed by atoms with Gasteiger partial charge in [0.05, 0.1) is 6.04 Å². The number of aliphatic imine (C=N–C) groups is 2. The monoisotopic (exact) mass is 266 g/mol. The molecule has 0 saturated carbocycles. The third-order valence-corrected chi connectivity index (χ3v) is 4.41. The van der Waals surface area contributed by atoms with E-state index in [2.05, 4.69) is 54.7 Å². The van der Waals surface area contributed by atoms with Crippen LogP contribution in [0.15, 0.2) is 52.1 Å². The quantitative estimate of drug-likeness (QED) is 0.764. The zero-order valence-corrected chi connectivity index (χ0v) is 12.1. The van der Waals surface area contributed by atoms with Crippen molar-refractivity contribution in [2.75, 3.05) is 0 Å². The Kier molecular flexibility index (Phi) is 4.10. The average Bonchev–Trinajstić information content (AvgIpc) is 2.51. The lowest BCUT2D eigenvalue weighted by Gasteiger charge is -2.25. The molecule has 2 heteroatoms. The Morgan fingerprint density at radius 3 is 2.70 bits per heavy atom. The first-order valence-electron chi connectivity index (χ1n) is 7.61. The summed E-state index contributed by atoms with van der Waals surface area (Å²) in [4.78, 5) is 9.09. The Morgan fingerprint density at radius 2 is 2.00 bits per heavy atom. The summed E-state index contributed by atoms with van der Waals surface area (Å²) in [6.07, 6.45) is 10.9. The standard InChI is InChI=1S/C18H22N2/c1-14-9-10-19-13-17(14)11-15-7-8-18(20-12-15)16-5-3-2-4-6-16/h2-6,10,12-15,18H,7-9,11H2,1H3. The third-order valence-electron chi connectivity index (χ3n) is 4.41. The molecule has 0 fully saturated rings. The predicted octanol–water partition coefficient (Wildman–Crippen LogP) is 4.59. The molecular weight excluding hydrogens is 244 g/mol. The highest BCUT2D eigenvalue weighted by Gasteiger charge is 2.21. The van der Waals surface area contributed by atoms with Crippen molar-refractivity contribution in [1.82, 2.24) is 0 Å². The molecule has 2 nitrogen and oxygen atoms in total. The van der Waals surface area contributed by atoms with Crippen molar-refractivity contribution in [3.8, 4) is 0 Å². The fourth-order valence-electron chi connectivity index (χ4n) is 3.03. The van der Waals surface area contributed by atoms with Crippen molar-refractivity contribution in [2.24, 2.45) is 21.8 Å². The van der Waals surface area contributed by atoms with Crippen molar-refractivity contribution < 1.29 is 0 Å². The summed E-state index contributed by atoms with van der Waals surface area (Å²) in [5.74, 6) is 1.24. The van der Waals surface area contributed by atoms with Crippen molar-refractivity contribution in [1.29, 1.82) is 0 Å². The highest BCUT2D eigenvalue weighted by Crippen LogP contribution is 2.32. The minimum Gasteiger partial charge on any atom is -0.289 e. The van der Waals surface area contributed by atoms with Gasteiger partial charge in [-0.2, -0.15) is 0 Å². The van der Waals surface area contributed by atoms with Gasteiger partial charge in [0.15, 0.2) is 0 Å². The van der Waals surface area contributed by atoms with E-state index in [1.807, 2.05) is 6.21 Å². The van der Waals surface area contributed by atoms with E-state index >= 15 is 0 Å². The molecule has 0 amide bonds. The van der Waals surface area contributed by atoms with E-state index < -0.39 is 0 Å². The summed E-state index contributed by atoms with van der Waals surface area (Å²) < 4.78 is 0. The molecule has 3 atom stereocenters. The molecule has 0 spiro atoms. The van der Waals surface area contributed by atoms with Crippen molar-refractivity contribution in [2.45, 2.75) is 38.6 Å². The first kappa shape index (κ1) is 13.3. The minimum atomic E-state index is 0.364. The maximum absolute atomic E-state index is 4.78. The Balaban J connectivity index is 1.62. The first-order valence-corrected chi connectivity index (χ1v) is 7.61. The fraction of sp³-hybridized carbons (Fsp3) is 0.444. The van der Waals surface area contributed by atoms with E-state index in [4.69, 9.17) is 4.99 Å². The SMILES string of the molecule is CC1CC=NC=C1CC1C=NC(c2ccccc2)CC1. The van der Waals surface area contributed by atoms with Crippen LogP contribution in [-0.2, 0) is 0 Å². The molecule has 3 rings (SSSR count). The second-order valence-corrected chi connectivity index (χ2v) is 5.94. The van der Waals surface area contributed by atoms with Gasteiger partial charge in [-0.25, -0.2) is 0 Å². The molecule has 0 saturated heterocycles. The fourth-order valence-corrected chi connectivity index (χ4v) is 3.03.